The summed E-state index contributed by atoms with van der Waals surface area (Å²) in [6.07, 6.45) is 6.25. The van der Waals surface area contributed by atoms with Crippen LogP contribution < -0.4 is 11.3 Å². The largest absolute Gasteiger partial charge is 0.271 e. The van der Waals surface area contributed by atoms with Gasteiger partial charge >= 0.3 is 0 Å². The Morgan fingerprint density at radius 1 is 1.42 bits per heavy atom. The smallest absolute Gasteiger partial charge is 0.0947 e. The van der Waals surface area contributed by atoms with Crippen LogP contribution in [0.25, 0.3) is 0 Å². The zero-order valence-electron chi connectivity index (χ0n) is 12.6. The molecule has 0 radical (unpaired) electrons. The van der Waals surface area contributed by atoms with E-state index < -0.39 is 0 Å². The minimum absolute atomic E-state index is 0.347. The van der Waals surface area contributed by atoms with Crippen molar-refractivity contribution >= 4 is 11.3 Å². The summed E-state index contributed by atoms with van der Waals surface area (Å²) in [6.45, 7) is 9.01. The van der Waals surface area contributed by atoms with Gasteiger partial charge in [0.15, 0.2) is 0 Å². The van der Waals surface area contributed by atoms with Crippen molar-refractivity contribution in [2.45, 2.75) is 65.8 Å². The van der Waals surface area contributed by atoms with Gasteiger partial charge in [-0.3, -0.25) is 11.3 Å². The molecule has 0 aliphatic heterocycles. The summed E-state index contributed by atoms with van der Waals surface area (Å²) in [5.74, 6) is 6.49. The lowest BCUT2D eigenvalue weighted by molar-refractivity contribution is 0.0981. The third-order valence-corrected chi connectivity index (χ3v) is 5.85. The highest BCUT2D eigenvalue weighted by Crippen LogP contribution is 2.43. The predicted octanol–water partition coefficient (Wildman–Crippen LogP) is 3.35. The molecule has 1 aromatic heterocycles. The van der Waals surface area contributed by atoms with Gasteiger partial charge in [-0.05, 0) is 38.0 Å². The SMILES string of the molecule is Cc1nc(CC(NN)C2CCCCC2(C)C)sc1C. The number of aromatic nitrogens is 1. The van der Waals surface area contributed by atoms with Crippen LogP contribution in [0.15, 0.2) is 0 Å². The van der Waals surface area contributed by atoms with Gasteiger partial charge in [0.2, 0.25) is 0 Å². The summed E-state index contributed by atoms with van der Waals surface area (Å²) in [6, 6.07) is 0.347. The molecule has 3 nitrogen and oxygen atoms in total. The zero-order valence-corrected chi connectivity index (χ0v) is 13.4. The Morgan fingerprint density at radius 3 is 2.68 bits per heavy atom. The summed E-state index contributed by atoms with van der Waals surface area (Å²) in [5, 5.41) is 1.22. The van der Waals surface area contributed by atoms with Crippen LogP contribution in [0, 0.1) is 25.2 Å². The Hall–Kier alpha value is -0.450. The highest BCUT2D eigenvalue weighted by Gasteiger charge is 2.37. The molecule has 1 aliphatic carbocycles. The van der Waals surface area contributed by atoms with Gasteiger partial charge in [-0.25, -0.2) is 4.98 Å². The number of nitrogens with one attached hydrogen (secondary N) is 1. The molecule has 2 rings (SSSR count). The van der Waals surface area contributed by atoms with E-state index in [4.69, 9.17) is 5.84 Å². The Balaban J connectivity index is 2.11. The van der Waals surface area contributed by atoms with Gasteiger partial charge in [-0.15, -0.1) is 11.3 Å². The van der Waals surface area contributed by atoms with Crippen molar-refractivity contribution in [1.29, 1.82) is 0 Å². The number of rotatable bonds is 4. The Bertz CT molecular complexity index is 406. The van der Waals surface area contributed by atoms with Crippen molar-refractivity contribution in [2.75, 3.05) is 0 Å². The second-order valence-electron chi connectivity index (χ2n) is 6.57. The first-order valence-corrected chi connectivity index (χ1v) is 8.14. The van der Waals surface area contributed by atoms with Crippen LogP contribution in [0.2, 0.25) is 0 Å². The van der Waals surface area contributed by atoms with Crippen molar-refractivity contribution in [1.82, 2.24) is 10.4 Å². The molecule has 2 atom stereocenters. The van der Waals surface area contributed by atoms with Crippen LogP contribution in [0.5, 0.6) is 0 Å². The first-order chi connectivity index (χ1) is 8.94. The first kappa shape index (κ1) is 14.9. The number of nitrogens with zero attached hydrogens (tertiary/aromatic N) is 1. The van der Waals surface area contributed by atoms with Gasteiger partial charge in [0, 0.05) is 17.3 Å². The first-order valence-electron chi connectivity index (χ1n) is 7.33. The van der Waals surface area contributed by atoms with E-state index in [-0.39, 0.29) is 0 Å². The fourth-order valence-corrected chi connectivity index (χ4v) is 4.39. The molecule has 1 saturated carbocycles. The molecule has 0 spiro atoms. The zero-order chi connectivity index (χ0) is 14.0. The molecular formula is C15H27N3S. The maximum Gasteiger partial charge on any atom is 0.0947 e. The molecule has 4 heteroatoms. The van der Waals surface area contributed by atoms with Gasteiger partial charge in [0.25, 0.3) is 0 Å². The van der Waals surface area contributed by atoms with Crippen LogP contribution in [-0.4, -0.2) is 11.0 Å². The second kappa shape index (κ2) is 5.90. The summed E-state index contributed by atoms with van der Waals surface area (Å²) in [4.78, 5) is 5.99. The fourth-order valence-electron chi connectivity index (χ4n) is 3.40. The predicted molar refractivity (Wildman–Crippen MR) is 82.1 cm³/mol. The Kier molecular flexibility index (Phi) is 4.64. The van der Waals surface area contributed by atoms with E-state index in [0.29, 0.717) is 17.4 Å². The molecule has 3 N–H and O–H groups in total. The average Bonchev–Trinajstić information content (AvgIpc) is 2.65. The van der Waals surface area contributed by atoms with Crippen molar-refractivity contribution in [2.24, 2.45) is 17.2 Å². The molecule has 108 valence electrons. The van der Waals surface area contributed by atoms with Gasteiger partial charge in [-0.2, -0.15) is 0 Å². The van der Waals surface area contributed by atoms with Crippen molar-refractivity contribution in [3.8, 4) is 0 Å². The third kappa shape index (κ3) is 3.36. The van der Waals surface area contributed by atoms with Crippen LogP contribution in [0.4, 0.5) is 0 Å². The minimum atomic E-state index is 0.347. The summed E-state index contributed by atoms with van der Waals surface area (Å²) >= 11 is 1.82. The van der Waals surface area contributed by atoms with Gasteiger partial charge in [0.1, 0.15) is 0 Å². The maximum atomic E-state index is 5.84. The van der Waals surface area contributed by atoms with E-state index in [9.17, 15) is 0 Å². The van der Waals surface area contributed by atoms with Crippen molar-refractivity contribution in [3.63, 3.8) is 0 Å². The monoisotopic (exact) mass is 281 g/mol. The molecule has 19 heavy (non-hydrogen) atoms. The summed E-state index contributed by atoms with van der Waals surface area (Å²) < 4.78 is 0. The molecule has 1 heterocycles. The van der Waals surface area contributed by atoms with Gasteiger partial charge in [-0.1, -0.05) is 26.7 Å². The number of aryl methyl sites for hydroxylation is 2. The highest BCUT2D eigenvalue weighted by molar-refractivity contribution is 7.11. The summed E-state index contributed by atoms with van der Waals surface area (Å²) in [5.41, 5.74) is 4.62. The van der Waals surface area contributed by atoms with Gasteiger partial charge in [0.05, 0.1) is 10.7 Å². The average molecular weight is 281 g/mol. The number of hydrogen-bond acceptors (Lipinski definition) is 4. The topological polar surface area (TPSA) is 50.9 Å². The number of hydrazine groups is 1. The van der Waals surface area contributed by atoms with Gasteiger partial charge < -0.3 is 0 Å². The molecule has 2 unspecified atom stereocenters. The molecular weight excluding hydrogens is 254 g/mol. The minimum Gasteiger partial charge on any atom is -0.271 e. The van der Waals surface area contributed by atoms with Crippen molar-refractivity contribution in [3.05, 3.63) is 15.6 Å². The lowest BCUT2D eigenvalue weighted by atomic mass is 9.65. The van der Waals surface area contributed by atoms with Crippen LogP contribution in [-0.2, 0) is 6.42 Å². The van der Waals surface area contributed by atoms with Crippen molar-refractivity contribution < 1.29 is 0 Å². The van der Waals surface area contributed by atoms with E-state index in [1.165, 1.54) is 41.3 Å². The molecule has 0 aromatic carbocycles. The van der Waals surface area contributed by atoms with E-state index in [1.54, 1.807) is 0 Å². The highest BCUT2D eigenvalue weighted by atomic mass is 32.1. The van der Waals surface area contributed by atoms with Crippen LogP contribution in [0.1, 0.15) is 55.1 Å². The van der Waals surface area contributed by atoms with Crippen LogP contribution in [0.3, 0.4) is 0 Å². The molecule has 0 amide bonds. The van der Waals surface area contributed by atoms with E-state index in [2.05, 4.69) is 38.1 Å². The molecule has 1 fully saturated rings. The Labute approximate surface area is 121 Å². The van der Waals surface area contributed by atoms with Crippen LogP contribution >= 0.6 is 11.3 Å². The Morgan fingerprint density at radius 2 is 2.16 bits per heavy atom. The third-order valence-electron chi connectivity index (χ3n) is 4.76. The standard InChI is InChI=1S/C15H27N3S/c1-10-11(2)19-14(17-10)9-13(18-16)12-7-5-6-8-15(12,3)4/h12-13,18H,5-9,16H2,1-4H3. The molecule has 1 aromatic rings. The second-order valence-corrected chi connectivity index (χ2v) is 7.86. The lowest BCUT2D eigenvalue weighted by Crippen LogP contribution is -2.48. The van der Waals surface area contributed by atoms with E-state index in [1.807, 2.05) is 11.3 Å². The number of nitrogens with two attached hydrogens (primary N) is 1. The lowest BCUT2D eigenvalue weighted by Gasteiger charge is -2.43. The number of hydrogen-bond donors (Lipinski definition) is 2. The van der Waals surface area contributed by atoms with E-state index in [0.717, 1.165) is 6.42 Å². The summed E-state index contributed by atoms with van der Waals surface area (Å²) in [7, 11) is 0. The fraction of sp³-hybridized carbons (Fsp3) is 0.800. The van der Waals surface area contributed by atoms with E-state index >= 15 is 0 Å². The molecule has 0 saturated heterocycles. The normalized spacial score (nSPS) is 24.4. The quantitative estimate of drug-likeness (QED) is 0.657. The maximum absolute atomic E-state index is 5.84. The number of thiazole rings is 1. The molecule has 1 aliphatic rings. The molecule has 0 bridgehead atoms.